The maximum Gasteiger partial charge on any atom is 0.253 e. The van der Waals surface area contributed by atoms with Gasteiger partial charge in [-0.3, -0.25) is 13.9 Å². The van der Waals surface area contributed by atoms with E-state index in [9.17, 15) is 18.0 Å². The van der Waals surface area contributed by atoms with E-state index in [1.807, 2.05) is 37.3 Å². The Kier molecular flexibility index (Phi) is 7.96. The van der Waals surface area contributed by atoms with Gasteiger partial charge in [-0.25, -0.2) is 8.42 Å². The third-order valence-electron chi connectivity index (χ3n) is 5.29. The average Bonchev–Trinajstić information content (AvgIpc) is 2.79. The number of sulfonamides is 1. The van der Waals surface area contributed by atoms with Crippen LogP contribution < -0.4 is 14.9 Å². The molecule has 7 nitrogen and oxygen atoms in total. The third-order valence-corrected chi connectivity index (χ3v) is 6.82. The van der Waals surface area contributed by atoms with Crippen molar-refractivity contribution in [1.29, 1.82) is 0 Å². The average molecular weight is 500 g/mol. The number of carbonyl (C=O) groups is 2. The van der Waals surface area contributed by atoms with E-state index in [0.717, 1.165) is 16.1 Å². The zero-order valence-corrected chi connectivity index (χ0v) is 20.7. The number of nitrogens with zero attached hydrogens (tertiary/aromatic N) is 1. The predicted octanol–water partition coefficient (Wildman–Crippen LogP) is 4.54. The van der Waals surface area contributed by atoms with Crippen LogP contribution in [0.3, 0.4) is 0 Å². The topological polar surface area (TPSA) is 95.6 Å². The minimum Gasteiger partial charge on any atom is -0.345 e. The Morgan fingerprint density at radius 1 is 0.971 bits per heavy atom. The van der Waals surface area contributed by atoms with Crippen molar-refractivity contribution in [2.45, 2.75) is 19.9 Å². The van der Waals surface area contributed by atoms with E-state index < -0.39 is 22.5 Å². The van der Waals surface area contributed by atoms with Gasteiger partial charge in [-0.15, -0.1) is 0 Å². The highest BCUT2D eigenvalue weighted by Gasteiger charge is 2.24. The Hall–Kier alpha value is -3.36. The first kappa shape index (κ1) is 25.3. The quantitative estimate of drug-likeness (QED) is 0.475. The van der Waals surface area contributed by atoms with Crippen molar-refractivity contribution in [3.05, 3.63) is 94.5 Å². The summed E-state index contributed by atoms with van der Waals surface area (Å²) in [5.74, 6) is -0.959. The first-order valence-electron chi connectivity index (χ1n) is 10.6. The first-order chi connectivity index (χ1) is 16.1. The molecule has 2 amide bonds. The van der Waals surface area contributed by atoms with Gasteiger partial charge in [0, 0.05) is 5.02 Å². The maximum atomic E-state index is 12.9. The van der Waals surface area contributed by atoms with Gasteiger partial charge in [0.15, 0.2) is 0 Å². The molecule has 1 atom stereocenters. The molecule has 0 spiro atoms. The molecular formula is C25H26ClN3O4S. The summed E-state index contributed by atoms with van der Waals surface area (Å²) in [5.41, 5.74) is 2.34. The molecule has 0 bridgehead atoms. The molecule has 3 rings (SSSR count). The molecule has 3 aromatic carbocycles. The molecule has 2 N–H and O–H groups in total. The highest BCUT2D eigenvalue weighted by Crippen LogP contribution is 2.28. The fourth-order valence-electron chi connectivity index (χ4n) is 3.46. The largest absolute Gasteiger partial charge is 0.345 e. The van der Waals surface area contributed by atoms with E-state index in [2.05, 4.69) is 10.6 Å². The molecule has 178 valence electrons. The lowest BCUT2D eigenvalue weighted by Crippen LogP contribution is -2.38. The van der Waals surface area contributed by atoms with Gasteiger partial charge in [-0.1, -0.05) is 60.1 Å². The van der Waals surface area contributed by atoms with Gasteiger partial charge in [0.2, 0.25) is 15.9 Å². The molecule has 0 aliphatic heterocycles. The van der Waals surface area contributed by atoms with Gasteiger partial charge in [0.05, 0.1) is 29.2 Å². The van der Waals surface area contributed by atoms with Crippen LogP contribution in [0.1, 0.15) is 34.5 Å². The summed E-state index contributed by atoms with van der Waals surface area (Å²) in [6.07, 6.45) is 1.02. The number of halogens is 1. The third kappa shape index (κ3) is 6.15. The first-order valence-corrected chi connectivity index (χ1v) is 12.8. The number of rotatable bonds is 8. The second-order valence-electron chi connectivity index (χ2n) is 7.85. The van der Waals surface area contributed by atoms with E-state index in [1.54, 1.807) is 49.4 Å². The number of para-hydroxylation sites is 1. The summed E-state index contributed by atoms with van der Waals surface area (Å²) in [4.78, 5) is 25.8. The van der Waals surface area contributed by atoms with Crippen LogP contribution in [0.5, 0.6) is 0 Å². The number of hydrogen-bond donors (Lipinski definition) is 2. The number of anilines is 2. The van der Waals surface area contributed by atoms with Crippen LogP contribution in [0.25, 0.3) is 0 Å². The number of hydrogen-bond acceptors (Lipinski definition) is 4. The molecule has 0 heterocycles. The Morgan fingerprint density at radius 3 is 2.29 bits per heavy atom. The van der Waals surface area contributed by atoms with Crippen LogP contribution >= 0.6 is 11.6 Å². The standard InChI is InChI=1S/C25H26ClN3O4S/c1-17-21(26)13-9-15-23(17)29(34(3,32)33)16-24(30)28-22-14-8-7-12-20(22)25(31)27-18(2)19-10-5-4-6-11-19/h4-15,18H,16H2,1-3H3,(H,27,31)(H,28,30)/t18-/m1/s1. The van der Waals surface area contributed by atoms with Crippen molar-refractivity contribution in [3.63, 3.8) is 0 Å². The number of benzene rings is 3. The molecule has 0 aliphatic rings. The van der Waals surface area contributed by atoms with Gasteiger partial charge in [-0.05, 0) is 49.2 Å². The molecule has 0 radical (unpaired) electrons. The fourth-order valence-corrected chi connectivity index (χ4v) is 4.53. The summed E-state index contributed by atoms with van der Waals surface area (Å²) in [6, 6.07) is 20.7. The molecule has 0 unspecified atom stereocenters. The molecule has 0 fully saturated rings. The van der Waals surface area contributed by atoms with Gasteiger partial charge >= 0.3 is 0 Å². The summed E-state index contributed by atoms with van der Waals surface area (Å²) in [7, 11) is -3.78. The minimum absolute atomic E-state index is 0.246. The van der Waals surface area contributed by atoms with E-state index in [-0.39, 0.29) is 23.2 Å². The minimum atomic E-state index is -3.78. The molecule has 9 heteroatoms. The lowest BCUT2D eigenvalue weighted by molar-refractivity contribution is -0.114. The summed E-state index contributed by atoms with van der Waals surface area (Å²) >= 11 is 6.15. The predicted molar refractivity (Wildman–Crippen MR) is 136 cm³/mol. The van der Waals surface area contributed by atoms with Crippen LogP contribution in [0.15, 0.2) is 72.8 Å². The zero-order valence-electron chi connectivity index (χ0n) is 19.1. The van der Waals surface area contributed by atoms with Crippen molar-refractivity contribution < 1.29 is 18.0 Å². The normalized spacial score (nSPS) is 12.0. The second-order valence-corrected chi connectivity index (χ2v) is 10.2. The number of nitrogens with one attached hydrogen (secondary N) is 2. The highest BCUT2D eigenvalue weighted by molar-refractivity contribution is 7.92. The van der Waals surface area contributed by atoms with E-state index in [4.69, 9.17) is 11.6 Å². The summed E-state index contributed by atoms with van der Waals surface area (Å²) in [5, 5.41) is 5.98. The van der Waals surface area contributed by atoms with Gasteiger partial charge in [-0.2, -0.15) is 0 Å². The van der Waals surface area contributed by atoms with Gasteiger partial charge < -0.3 is 10.6 Å². The SMILES string of the molecule is Cc1c(Cl)cccc1N(CC(=O)Nc1ccccc1C(=O)N[C@H](C)c1ccccc1)S(C)(=O)=O. The molecule has 0 aromatic heterocycles. The van der Waals surface area contributed by atoms with Gasteiger partial charge in [0.25, 0.3) is 5.91 Å². The smallest absolute Gasteiger partial charge is 0.253 e. The number of carbonyl (C=O) groups excluding carboxylic acids is 2. The van der Waals surface area contributed by atoms with Crippen LogP contribution in [0.4, 0.5) is 11.4 Å². The van der Waals surface area contributed by atoms with Crippen molar-refractivity contribution in [3.8, 4) is 0 Å². The molecule has 34 heavy (non-hydrogen) atoms. The second kappa shape index (κ2) is 10.7. The summed E-state index contributed by atoms with van der Waals surface area (Å²) in [6.45, 7) is 3.07. The Labute approximate surface area is 204 Å². The lowest BCUT2D eigenvalue weighted by atomic mass is 10.1. The van der Waals surface area contributed by atoms with Crippen molar-refractivity contribution in [1.82, 2.24) is 5.32 Å². The van der Waals surface area contributed by atoms with E-state index in [1.165, 1.54) is 0 Å². The number of amides is 2. The molecule has 0 saturated heterocycles. The van der Waals surface area contributed by atoms with Crippen molar-refractivity contribution in [2.24, 2.45) is 0 Å². The van der Waals surface area contributed by atoms with Crippen molar-refractivity contribution in [2.75, 3.05) is 22.4 Å². The van der Waals surface area contributed by atoms with Crippen molar-refractivity contribution >= 4 is 44.8 Å². The summed E-state index contributed by atoms with van der Waals surface area (Å²) < 4.78 is 25.9. The van der Waals surface area contributed by atoms with Crippen LogP contribution in [-0.4, -0.2) is 33.0 Å². The van der Waals surface area contributed by atoms with E-state index >= 15 is 0 Å². The van der Waals surface area contributed by atoms with Gasteiger partial charge in [0.1, 0.15) is 6.54 Å². The molecule has 0 saturated carbocycles. The monoisotopic (exact) mass is 499 g/mol. The highest BCUT2D eigenvalue weighted by atomic mass is 35.5. The Balaban J connectivity index is 1.79. The van der Waals surface area contributed by atoms with E-state index in [0.29, 0.717) is 16.3 Å². The van der Waals surface area contributed by atoms with Crippen LogP contribution in [0, 0.1) is 6.92 Å². The Bertz CT molecular complexity index is 1300. The zero-order chi connectivity index (χ0) is 24.9. The van der Waals surface area contributed by atoms with Crippen LogP contribution in [-0.2, 0) is 14.8 Å². The fraction of sp³-hybridized carbons (Fsp3) is 0.200. The Morgan fingerprint density at radius 2 is 1.62 bits per heavy atom. The van der Waals surface area contributed by atoms with Crippen LogP contribution in [0.2, 0.25) is 5.02 Å². The molecule has 3 aromatic rings. The molecular weight excluding hydrogens is 474 g/mol. The maximum absolute atomic E-state index is 12.9. The lowest BCUT2D eigenvalue weighted by Gasteiger charge is -2.24. The molecule has 0 aliphatic carbocycles.